The van der Waals surface area contributed by atoms with E-state index in [0.717, 1.165) is 31.9 Å². The molecule has 0 spiro atoms. The quantitative estimate of drug-likeness (QED) is 0.192. The summed E-state index contributed by atoms with van der Waals surface area (Å²) < 4.78 is 38.5. The Morgan fingerprint density at radius 1 is 1.33 bits per heavy atom. The standard InChI is InChI=1S/C16H22F3N5O3/c17-16(18,19)13-7-8-21-15(22-13)24(20)14(26)12(9-23(27)10-25)11-5-3-1-2-4-6-11/h7-8,10-12,27H,1-6,9,20H2. The Balaban J connectivity index is 2.26. The number of hydrogen-bond donors (Lipinski definition) is 2. The highest BCUT2D eigenvalue weighted by Gasteiger charge is 2.36. The van der Waals surface area contributed by atoms with Crippen LogP contribution in [0.1, 0.15) is 44.2 Å². The van der Waals surface area contributed by atoms with Gasteiger partial charge in [-0.05, 0) is 24.8 Å². The molecule has 8 nitrogen and oxygen atoms in total. The Labute approximate surface area is 154 Å². The number of carbonyl (C=O) groups excluding carboxylic acids is 2. The molecule has 1 aliphatic carbocycles. The summed E-state index contributed by atoms with van der Waals surface area (Å²) in [7, 11) is 0. The number of hydrogen-bond acceptors (Lipinski definition) is 6. The van der Waals surface area contributed by atoms with E-state index in [4.69, 9.17) is 5.84 Å². The van der Waals surface area contributed by atoms with Crippen molar-refractivity contribution >= 4 is 18.3 Å². The Bertz CT molecular complexity index is 650. The van der Waals surface area contributed by atoms with Crippen molar-refractivity contribution in [2.24, 2.45) is 17.7 Å². The van der Waals surface area contributed by atoms with Crippen molar-refractivity contribution in [3.8, 4) is 0 Å². The number of halogens is 3. The lowest BCUT2D eigenvalue weighted by Crippen LogP contribution is -2.48. The Morgan fingerprint density at radius 3 is 2.52 bits per heavy atom. The maximum absolute atomic E-state index is 12.9. The van der Waals surface area contributed by atoms with Gasteiger partial charge in [0.2, 0.25) is 18.3 Å². The van der Waals surface area contributed by atoms with Gasteiger partial charge in [0.1, 0.15) is 5.69 Å². The largest absolute Gasteiger partial charge is 0.433 e. The van der Waals surface area contributed by atoms with Crippen LogP contribution in [0.4, 0.5) is 19.1 Å². The molecule has 150 valence electrons. The summed E-state index contributed by atoms with van der Waals surface area (Å²) in [6, 6.07) is 0.673. The molecule has 1 atom stereocenters. The molecule has 2 rings (SSSR count). The molecule has 1 aliphatic rings. The second-order valence-corrected chi connectivity index (χ2v) is 6.53. The maximum Gasteiger partial charge on any atom is 0.433 e. The molecule has 0 radical (unpaired) electrons. The molecule has 1 aromatic heterocycles. The summed E-state index contributed by atoms with van der Waals surface area (Å²) in [5, 5.41) is 10.4. The Morgan fingerprint density at radius 2 is 1.96 bits per heavy atom. The van der Waals surface area contributed by atoms with Gasteiger partial charge in [-0.3, -0.25) is 14.8 Å². The van der Waals surface area contributed by atoms with E-state index in [0.29, 0.717) is 29.0 Å². The van der Waals surface area contributed by atoms with E-state index in [1.807, 2.05) is 0 Å². The maximum atomic E-state index is 12.9. The van der Waals surface area contributed by atoms with E-state index in [1.165, 1.54) is 0 Å². The van der Waals surface area contributed by atoms with Crippen molar-refractivity contribution in [3.63, 3.8) is 0 Å². The fourth-order valence-corrected chi connectivity index (χ4v) is 3.29. The number of amides is 2. The molecular weight excluding hydrogens is 367 g/mol. The van der Waals surface area contributed by atoms with Gasteiger partial charge >= 0.3 is 6.18 Å². The first-order chi connectivity index (χ1) is 12.7. The molecule has 2 amide bonds. The van der Waals surface area contributed by atoms with E-state index in [1.54, 1.807) is 0 Å². The fraction of sp³-hybridized carbons (Fsp3) is 0.625. The van der Waals surface area contributed by atoms with Crippen LogP contribution in [0.15, 0.2) is 12.3 Å². The number of rotatable bonds is 6. The van der Waals surface area contributed by atoms with Crippen molar-refractivity contribution in [1.82, 2.24) is 15.0 Å². The molecule has 0 aromatic carbocycles. The molecule has 0 aliphatic heterocycles. The van der Waals surface area contributed by atoms with Crippen molar-refractivity contribution in [3.05, 3.63) is 18.0 Å². The summed E-state index contributed by atoms with van der Waals surface area (Å²) in [5.74, 6) is 3.34. The molecule has 1 saturated carbocycles. The first-order valence-corrected chi connectivity index (χ1v) is 8.63. The normalized spacial score (nSPS) is 17.1. The number of aromatic nitrogens is 2. The highest BCUT2D eigenvalue weighted by atomic mass is 19.4. The van der Waals surface area contributed by atoms with Gasteiger partial charge < -0.3 is 0 Å². The van der Waals surface area contributed by atoms with Crippen LogP contribution in [0.2, 0.25) is 0 Å². The summed E-state index contributed by atoms with van der Waals surface area (Å²) >= 11 is 0. The van der Waals surface area contributed by atoms with Crippen LogP contribution in [0.3, 0.4) is 0 Å². The van der Waals surface area contributed by atoms with E-state index in [9.17, 15) is 28.0 Å². The van der Waals surface area contributed by atoms with Crippen LogP contribution in [-0.4, -0.2) is 39.1 Å². The zero-order valence-electron chi connectivity index (χ0n) is 14.6. The molecule has 1 fully saturated rings. The molecular formula is C16H22F3N5O3. The van der Waals surface area contributed by atoms with Crippen LogP contribution in [0.5, 0.6) is 0 Å². The third kappa shape index (κ3) is 5.60. The topological polar surface area (TPSA) is 113 Å². The number of nitrogens with two attached hydrogens (primary N) is 1. The van der Waals surface area contributed by atoms with Crippen molar-refractivity contribution in [2.45, 2.75) is 44.7 Å². The predicted octanol–water partition coefficient (Wildman–Crippen LogP) is 2.14. The lowest BCUT2D eigenvalue weighted by molar-refractivity contribution is -0.155. The molecule has 1 heterocycles. The van der Waals surface area contributed by atoms with Gasteiger partial charge in [0.05, 0.1) is 12.5 Å². The minimum Gasteiger partial charge on any atom is -0.286 e. The molecule has 1 aromatic rings. The van der Waals surface area contributed by atoms with Gasteiger partial charge in [-0.2, -0.15) is 13.2 Å². The van der Waals surface area contributed by atoms with E-state index < -0.39 is 29.6 Å². The first kappa shape index (κ1) is 21.0. The highest BCUT2D eigenvalue weighted by Crippen LogP contribution is 2.31. The summed E-state index contributed by atoms with van der Waals surface area (Å²) in [6.07, 6.45) is 1.50. The number of carbonyl (C=O) groups is 2. The average molecular weight is 389 g/mol. The number of hydrazine groups is 1. The lowest BCUT2D eigenvalue weighted by atomic mass is 9.85. The third-order valence-corrected chi connectivity index (χ3v) is 4.68. The monoisotopic (exact) mass is 389 g/mol. The van der Waals surface area contributed by atoms with Crippen LogP contribution >= 0.6 is 0 Å². The van der Waals surface area contributed by atoms with Gasteiger partial charge in [0.15, 0.2) is 0 Å². The van der Waals surface area contributed by atoms with Crippen molar-refractivity contribution in [2.75, 3.05) is 11.6 Å². The van der Waals surface area contributed by atoms with Crippen molar-refractivity contribution in [1.29, 1.82) is 0 Å². The second kappa shape index (κ2) is 9.09. The van der Waals surface area contributed by atoms with Crippen LogP contribution in [0.25, 0.3) is 0 Å². The van der Waals surface area contributed by atoms with Gasteiger partial charge in [0, 0.05) is 6.20 Å². The van der Waals surface area contributed by atoms with Gasteiger partial charge in [0.25, 0.3) is 0 Å². The molecule has 3 N–H and O–H groups in total. The van der Waals surface area contributed by atoms with Crippen LogP contribution in [0, 0.1) is 11.8 Å². The zero-order chi connectivity index (χ0) is 20.0. The molecule has 11 heteroatoms. The van der Waals surface area contributed by atoms with E-state index >= 15 is 0 Å². The van der Waals surface area contributed by atoms with Gasteiger partial charge in [-0.1, -0.05) is 25.7 Å². The number of alkyl halides is 3. The molecule has 0 saturated heterocycles. The smallest absolute Gasteiger partial charge is 0.286 e. The van der Waals surface area contributed by atoms with E-state index in [-0.39, 0.29) is 18.9 Å². The molecule has 0 bridgehead atoms. The number of hydroxylamine groups is 2. The SMILES string of the molecule is NN(C(=O)C(CN(O)C=O)C1CCCCCC1)c1nccc(C(F)(F)F)n1. The predicted molar refractivity (Wildman–Crippen MR) is 87.9 cm³/mol. The Kier molecular flexibility index (Phi) is 7.08. The number of anilines is 1. The lowest BCUT2D eigenvalue weighted by Gasteiger charge is -2.29. The summed E-state index contributed by atoms with van der Waals surface area (Å²) in [4.78, 5) is 30.6. The van der Waals surface area contributed by atoms with E-state index in [2.05, 4.69) is 9.97 Å². The summed E-state index contributed by atoms with van der Waals surface area (Å²) in [5.41, 5.74) is -1.22. The van der Waals surface area contributed by atoms with Crippen LogP contribution < -0.4 is 10.9 Å². The zero-order valence-corrected chi connectivity index (χ0v) is 14.6. The van der Waals surface area contributed by atoms with Crippen molar-refractivity contribution < 1.29 is 28.0 Å². The van der Waals surface area contributed by atoms with Crippen LogP contribution in [-0.2, 0) is 15.8 Å². The first-order valence-electron chi connectivity index (χ1n) is 8.63. The molecule has 27 heavy (non-hydrogen) atoms. The fourth-order valence-electron chi connectivity index (χ4n) is 3.29. The Hall–Kier alpha value is -2.27. The third-order valence-electron chi connectivity index (χ3n) is 4.68. The van der Waals surface area contributed by atoms with Gasteiger partial charge in [-0.15, -0.1) is 0 Å². The summed E-state index contributed by atoms with van der Waals surface area (Å²) in [6.45, 7) is -0.306. The minimum atomic E-state index is -4.71. The second-order valence-electron chi connectivity index (χ2n) is 6.53. The van der Waals surface area contributed by atoms with Gasteiger partial charge in [-0.25, -0.2) is 25.9 Å². The highest BCUT2D eigenvalue weighted by molar-refractivity contribution is 5.92. The number of nitrogens with zero attached hydrogens (tertiary/aromatic N) is 4. The minimum absolute atomic E-state index is 0.161. The average Bonchev–Trinajstić information content (AvgIpc) is 2.93. The molecule has 1 unspecified atom stereocenters.